The first-order valence-electron chi connectivity index (χ1n) is 7.09. The van der Waals surface area contributed by atoms with Gasteiger partial charge >= 0.3 is 5.97 Å². The molecule has 2 aromatic rings. The molecule has 2 heterocycles. The standard InChI is InChI=1S/C15H16N4O3/c1-10-4-5-11(13(9-10)19-16-6-7-17-19)14(20)18-8-2-3-12(18)15(21)22/h4-7,9,12H,2-3,8H2,1H3,(H,21,22). The summed E-state index contributed by atoms with van der Waals surface area (Å²) < 4.78 is 0. The van der Waals surface area contributed by atoms with Crippen molar-refractivity contribution in [1.29, 1.82) is 0 Å². The number of hydrogen-bond acceptors (Lipinski definition) is 4. The Morgan fingerprint density at radius 2 is 2.00 bits per heavy atom. The predicted octanol–water partition coefficient (Wildman–Crippen LogP) is 1.26. The van der Waals surface area contributed by atoms with E-state index in [1.165, 1.54) is 22.1 Å². The van der Waals surface area contributed by atoms with Crippen LogP contribution in [0.1, 0.15) is 28.8 Å². The maximum Gasteiger partial charge on any atom is 0.326 e. The van der Waals surface area contributed by atoms with E-state index in [1.807, 2.05) is 19.1 Å². The second-order valence-electron chi connectivity index (χ2n) is 5.33. The number of carbonyl (C=O) groups excluding carboxylic acids is 1. The van der Waals surface area contributed by atoms with Crippen molar-refractivity contribution in [2.45, 2.75) is 25.8 Å². The Labute approximate surface area is 127 Å². The molecule has 0 aliphatic carbocycles. The van der Waals surface area contributed by atoms with Gasteiger partial charge in [-0.05, 0) is 37.5 Å². The minimum atomic E-state index is -0.961. The van der Waals surface area contributed by atoms with E-state index in [4.69, 9.17) is 0 Å². The molecule has 7 heteroatoms. The molecule has 1 aromatic heterocycles. The van der Waals surface area contributed by atoms with Crippen molar-refractivity contribution in [3.63, 3.8) is 0 Å². The summed E-state index contributed by atoms with van der Waals surface area (Å²) in [5.41, 5.74) is 1.95. The molecule has 0 bridgehead atoms. The van der Waals surface area contributed by atoms with Crippen LogP contribution in [0.2, 0.25) is 0 Å². The fourth-order valence-corrected chi connectivity index (χ4v) is 2.75. The van der Waals surface area contributed by atoms with Gasteiger partial charge in [-0.15, -0.1) is 0 Å². The molecule has 1 aliphatic heterocycles. The molecule has 1 aliphatic rings. The molecular weight excluding hydrogens is 284 g/mol. The second kappa shape index (κ2) is 5.59. The molecule has 1 N–H and O–H groups in total. The number of carboxylic acid groups (broad SMARTS) is 1. The van der Waals surface area contributed by atoms with Crippen molar-refractivity contribution in [2.24, 2.45) is 0 Å². The Bertz CT molecular complexity index is 712. The van der Waals surface area contributed by atoms with E-state index in [1.54, 1.807) is 6.07 Å². The van der Waals surface area contributed by atoms with Gasteiger partial charge in [0.15, 0.2) is 0 Å². The van der Waals surface area contributed by atoms with E-state index in [0.29, 0.717) is 30.6 Å². The summed E-state index contributed by atoms with van der Waals surface area (Å²) in [7, 11) is 0. The summed E-state index contributed by atoms with van der Waals surface area (Å²) in [6.45, 7) is 2.37. The van der Waals surface area contributed by atoms with Crippen LogP contribution in [0.4, 0.5) is 0 Å². The lowest BCUT2D eigenvalue weighted by molar-refractivity contribution is -0.141. The van der Waals surface area contributed by atoms with E-state index in [2.05, 4.69) is 10.2 Å². The number of hydrogen-bond donors (Lipinski definition) is 1. The molecule has 1 unspecified atom stereocenters. The predicted molar refractivity (Wildman–Crippen MR) is 77.8 cm³/mol. The van der Waals surface area contributed by atoms with E-state index in [9.17, 15) is 14.7 Å². The topological polar surface area (TPSA) is 88.3 Å². The quantitative estimate of drug-likeness (QED) is 0.922. The Hall–Kier alpha value is -2.70. The molecule has 0 spiro atoms. The molecule has 1 saturated heterocycles. The molecule has 3 rings (SSSR count). The van der Waals surface area contributed by atoms with Gasteiger partial charge in [-0.3, -0.25) is 4.79 Å². The first kappa shape index (κ1) is 14.2. The van der Waals surface area contributed by atoms with Gasteiger partial charge in [0.25, 0.3) is 5.91 Å². The lowest BCUT2D eigenvalue weighted by Crippen LogP contribution is -2.40. The highest BCUT2D eigenvalue weighted by Gasteiger charge is 2.35. The largest absolute Gasteiger partial charge is 0.480 e. The van der Waals surface area contributed by atoms with Crippen LogP contribution in [-0.4, -0.2) is 49.5 Å². The van der Waals surface area contributed by atoms with Crippen molar-refractivity contribution >= 4 is 11.9 Å². The van der Waals surface area contributed by atoms with Gasteiger partial charge in [0.05, 0.1) is 23.6 Å². The third-order valence-corrected chi connectivity index (χ3v) is 3.82. The third-order valence-electron chi connectivity index (χ3n) is 3.82. The third kappa shape index (κ3) is 2.45. The SMILES string of the molecule is Cc1ccc(C(=O)N2CCCC2C(=O)O)c(-n2nccn2)c1. The molecule has 22 heavy (non-hydrogen) atoms. The van der Waals surface area contributed by atoms with Gasteiger partial charge in [-0.2, -0.15) is 15.0 Å². The summed E-state index contributed by atoms with van der Waals surface area (Å²) >= 11 is 0. The van der Waals surface area contributed by atoms with E-state index < -0.39 is 12.0 Å². The summed E-state index contributed by atoms with van der Waals surface area (Å²) in [5, 5.41) is 17.4. The number of aromatic nitrogens is 3. The average Bonchev–Trinajstić information content (AvgIpc) is 3.18. The van der Waals surface area contributed by atoms with Crippen LogP contribution < -0.4 is 0 Å². The highest BCUT2D eigenvalue weighted by molar-refractivity contribution is 6.00. The van der Waals surface area contributed by atoms with Crippen molar-refractivity contribution in [3.05, 3.63) is 41.7 Å². The lowest BCUT2D eigenvalue weighted by Gasteiger charge is -2.22. The average molecular weight is 300 g/mol. The number of carbonyl (C=O) groups is 2. The van der Waals surface area contributed by atoms with Crippen molar-refractivity contribution in [1.82, 2.24) is 19.9 Å². The highest BCUT2D eigenvalue weighted by atomic mass is 16.4. The summed E-state index contributed by atoms with van der Waals surface area (Å²) in [5.74, 6) is -1.26. The van der Waals surface area contributed by atoms with Crippen LogP contribution in [0.3, 0.4) is 0 Å². The van der Waals surface area contributed by atoms with Crippen molar-refractivity contribution in [3.8, 4) is 5.69 Å². The maximum atomic E-state index is 12.8. The molecule has 114 valence electrons. The summed E-state index contributed by atoms with van der Waals surface area (Å²) in [6, 6.07) is 4.59. The number of aliphatic carboxylic acids is 1. The molecule has 1 fully saturated rings. The number of likely N-dealkylation sites (tertiary alicyclic amines) is 1. The van der Waals surface area contributed by atoms with Gasteiger partial charge < -0.3 is 10.0 Å². The molecule has 1 atom stereocenters. The lowest BCUT2D eigenvalue weighted by atomic mass is 10.1. The van der Waals surface area contributed by atoms with Gasteiger partial charge in [-0.1, -0.05) is 6.07 Å². The van der Waals surface area contributed by atoms with Crippen molar-refractivity contribution < 1.29 is 14.7 Å². The Balaban J connectivity index is 2.01. The molecule has 1 aromatic carbocycles. The summed E-state index contributed by atoms with van der Waals surface area (Å²) in [6.07, 6.45) is 4.26. The minimum Gasteiger partial charge on any atom is -0.480 e. The van der Waals surface area contributed by atoms with Crippen LogP contribution >= 0.6 is 0 Å². The maximum absolute atomic E-state index is 12.8. The Morgan fingerprint density at radius 1 is 1.27 bits per heavy atom. The number of nitrogens with zero attached hydrogens (tertiary/aromatic N) is 4. The first-order chi connectivity index (χ1) is 10.6. The summed E-state index contributed by atoms with van der Waals surface area (Å²) in [4.78, 5) is 26.9. The minimum absolute atomic E-state index is 0.294. The first-order valence-corrected chi connectivity index (χ1v) is 7.09. The van der Waals surface area contributed by atoms with E-state index in [-0.39, 0.29) is 5.91 Å². The fourth-order valence-electron chi connectivity index (χ4n) is 2.75. The van der Waals surface area contributed by atoms with E-state index in [0.717, 1.165) is 5.56 Å². The number of carboxylic acids is 1. The van der Waals surface area contributed by atoms with Crippen LogP contribution in [0.25, 0.3) is 5.69 Å². The molecule has 0 radical (unpaired) electrons. The number of amides is 1. The molecule has 1 amide bonds. The normalized spacial score (nSPS) is 17.7. The van der Waals surface area contributed by atoms with E-state index >= 15 is 0 Å². The zero-order valence-corrected chi connectivity index (χ0v) is 12.1. The van der Waals surface area contributed by atoms with Gasteiger partial charge in [0.2, 0.25) is 0 Å². The highest BCUT2D eigenvalue weighted by Crippen LogP contribution is 2.23. The van der Waals surface area contributed by atoms with Crippen LogP contribution in [0.15, 0.2) is 30.6 Å². The number of rotatable bonds is 3. The van der Waals surface area contributed by atoms with Crippen LogP contribution in [0, 0.1) is 6.92 Å². The molecular formula is C15H16N4O3. The molecule has 7 nitrogen and oxygen atoms in total. The van der Waals surface area contributed by atoms with Gasteiger partial charge in [0.1, 0.15) is 6.04 Å². The van der Waals surface area contributed by atoms with Crippen molar-refractivity contribution in [2.75, 3.05) is 6.54 Å². The number of aryl methyl sites for hydroxylation is 1. The van der Waals surface area contributed by atoms with Gasteiger partial charge in [-0.25, -0.2) is 4.79 Å². The smallest absolute Gasteiger partial charge is 0.326 e. The zero-order chi connectivity index (χ0) is 15.7. The second-order valence-corrected chi connectivity index (χ2v) is 5.33. The van der Waals surface area contributed by atoms with Gasteiger partial charge in [0, 0.05) is 6.54 Å². The van der Waals surface area contributed by atoms with Crippen LogP contribution in [-0.2, 0) is 4.79 Å². The fraction of sp³-hybridized carbons (Fsp3) is 0.333. The zero-order valence-electron chi connectivity index (χ0n) is 12.1. The monoisotopic (exact) mass is 300 g/mol. The molecule has 0 saturated carbocycles. The Kier molecular flexibility index (Phi) is 3.62. The van der Waals surface area contributed by atoms with Crippen LogP contribution in [0.5, 0.6) is 0 Å². The number of benzene rings is 1. The Morgan fingerprint density at radius 3 is 2.68 bits per heavy atom.